The van der Waals surface area contributed by atoms with E-state index in [4.69, 9.17) is 0 Å². The molecule has 1 unspecified atom stereocenters. The normalized spacial score (nSPS) is 11.8. The quantitative estimate of drug-likeness (QED) is 0.569. The van der Waals surface area contributed by atoms with E-state index >= 15 is 0 Å². The van der Waals surface area contributed by atoms with Gasteiger partial charge in [0.25, 0.3) is 11.6 Å². The number of carbonyl (C=O) groups excluding carboxylic acids is 1. The molecular formula is C14H21N3O3S. The van der Waals surface area contributed by atoms with Crippen molar-refractivity contribution in [2.24, 2.45) is 0 Å². The highest BCUT2D eigenvalue weighted by atomic mass is 32.2. The molecule has 0 spiro atoms. The number of benzene rings is 1. The number of anilines is 1. The van der Waals surface area contributed by atoms with Gasteiger partial charge in [-0.15, -0.1) is 0 Å². The summed E-state index contributed by atoms with van der Waals surface area (Å²) in [6.07, 6.45) is 0. The minimum atomic E-state index is -0.497. The molecular weight excluding hydrogens is 290 g/mol. The van der Waals surface area contributed by atoms with Crippen LogP contribution in [0.3, 0.4) is 0 Å². The molecule has 1 aromatic carbocycles. The molecule has 6 nitrogen and oxygen atoms in total. The molecule has 21 heavy (non-hydrogen) atoms. The van der Waals surface area contributed by atoms with Crippen LogP contribution in [0.4, 0.5) is 11.4 Å². The number of nitro groups is 1. The van der Waals surface area contributed by atoms with Crippen LogP contribution in [0, 0.1) is 10.1 Å². The minimum absolute atomic E-state index is 0.0104. The van der Waals surface area contributed by atoms with E-state index in [1.807, 2.05) is 13.8 Å². The molecule has 0 heterocycles. The van der Waals surface area contributed by atoms with Gasteiger partial charge in [-0.25, -0.2) is 0 Å². The van der Waals surface area contributed by atoms with Crippen molar-refractivity contribution in [2.45, 2.75) is 26.8 Å². The first-order chi connectivity index (χ1) is 9.99. The van der Waals surface area contributed by atoms with Crippen molar-refractivity contribution in [2.75, 3.05) is 23.4 Å². The van der Waals surface area contributed by atoms with Gasteiger partial charge in [0.05, 0.1) is 10.5 Å². The van der Waals surface area contributed by atoms with Crippen LogP contribution in [0.1, 0.15) is 31.1 Å². The summed E-state index contributed by atoms with van der Waals surface area (Å²) in [5.41, 5.74) is 0.827. The molecule has 0 aliphatic carbocycles. The zero-order valence-electron chi connectivity index (χ0n) is 12.5. The van der Waals surface area contributed by atoms with Gasteiger partial charge in [-0.05, 0) is 25.7 Å². The summed E-state index contributed by atoms with van der Waals surface area (Å²) in [5.74, 6) is 1.51. The molecule has 2 N–H and O–H groups in total. The number of nitrogens with one attached hydrogen (secondary N) is 2. The van der Waals surface area contributed by atoms with E-state index < -0.39 is 4.92 Å². The monoisotopic (exact) mass is 311 g/mol. The second kappa shape index (κ2) is 8.51. The second-order valence-electron chi connectivity index (χ2n) is 4.55. The zero-order valence-corrected chi connectivity index (χ0v) is 13.3. The standard InChI is InChI=1S/C14H21N3O3S/c1-4-15-13-7-6-11(17(19)20)8-12(13)14(18)16-10(3)9-21-5-2/h6-8,10,15H,4-5,9H2,1-3H3,(H,16,18). The van der Waals surface area contributed by atoms with E-state index in [1.54, 1.807) is 17.8 Å². The number of hydrogen-bond donors (Lipinski definition) is 2. The third-order valence-electron chi connectivity index (χ3n) is 2.78. The number of hydrogen-bond acceptors (Lipinski definition) is 5. The lowest BCUT2D eigenvalue weighted by Gasteiger charge is -2.15. The van der Waals surface area contributed by atoms with Crippen LogP contribution in [0.2, 0.25) is 0 Å². The van der Waals surface area contributed by atoms with Gasteiger partial charge in [-0.3, -0.25) is 14.9 Å². The maximum Gasteiger partial charge on any atom is 0.270 e. The molecule has 0 aliphatic rings. The summed E-state index contributed by atoms with van der Waals surface area (Å²) in [4.78, 5) is 22.7. The summed E-state index contributed by atoms with van der Waals surface area (Å²) in [6.45, 7) is 6.52. The molecule has 0 aliphatic heterocycles. The molecule has 7 heteroatoms. The Bertz CT molecular complexity index is 508. The van der Waals surface area contributed by atoms with Gasteiger partial charge in [0.1, 0.15) is 0 Å². The fourth-order valence-corrected chi connectivity index (χ4v) is 2.49. The molecule has 0 radical (unpaired) electrons. The average Bonchev–Trinajstić information content (AvgIpc) is 2.45. The van der Waals surface area contributed by atoms with E-state index in [-0.39, 0.29) is 17.6 Å². The van der Waals surface area contributed by atoms with Crippen molar-refractivity contribution in [3.63, 3.8) is 0 Å². The summed E-state index contributed by atoms with van der Waals surface area (Å²) >= 11 is 1.74. The highest BCUT2D eigenvalue weighted by molar-refractivity contribution is 7.99. The predicted octanol–water partition coefficient (Wildman–Crippen LogP) is 2.90. The Morgan fingerprint density at radius 2 is 2.14 bits per heavy atom. The van der Waals surface area contributed by atoms with Gasteiger partial charge in [0.15, 0.2) is 0 Å². The number of thioether (sulfide) groups is 1. The first-order valence-corrected chi connectivity index (χ1v) is 8.06. The van der Waals surface area contributed by atoms with E-state index in [2.05, 4.69) is 17.6 Å². The van der Waals surface area contributed by atoms with Crippen LogP contribution >= 0.6 is 11.8 Å². The van der Waals surface area contributed by atoms with Gasteiger partial charge in [-0.1, -0.05) is 6.92 Å². The van der Waals surface area contributed by atoms with Crippen molar-refractivity contribution >= 4 is 29.0 Å². The molecule has 0 bridgehead atoms. The Morgan fingerprint density at radius 1 is 1.43 bits per heavy atom. The molecule has 1 rings (SSSR count). The third-order valence-corrected chi connectivity index (χ3v) is 3.92. The molecule has 0 saturated carbocycles. The summed E-state index contributed by atoms with van der Waals surface area (Å²) in [7, 11) is 0. The van der Waals surface area contributed by atoms with Crippen LogP contribution in [0.15, 0.2) is 18.2 Å². The maximum absolute atomic E-state index is 12.3. The lowest BCUT2D eigenvalue weighted by molar-refractivity contribution is -0.384. The van der Waals surface area contributed by atoms with Crippen LogP contribution in [-0.2, 0) is 0 Å². The average molecular weight is 311 g/mol. The first-order valence-electron chi connectivity index (χ1n) is 6.90. The van der Waals surface area contributed by atoms with Gasteiger partial charge >= 0.3 is 0 Å². The van der Waals surface area contributed by atoms with Crippen LogP contribution < -0.4 is 10.6 Å². The summed E-state index contributed by atoms with van der Waals surface area (Å²) in [6, 6.07) is 4.29. The maximum atomic E-state index is 12.3. The number of amides is 1. The lowest BCUT2D eigenvalue weighted by atomic mass is 10.1. The Labute approximate surface area is 128 Å². The molecule has 1 aromatic rings. The van der Waals surface area contributed by atoms with E-state index in [0.717, 1.165) is 11.5 Å². The largest absolute Gasteiger partial charge is 0.385 e. The number of non-ortho nitro benzene ring substituents is 1. The van der Waals surface area contributed by atoms with Crippen molar-refractivity contribution < 1.29 is 9.72 Å². The number of nitro benzene ring substituents is 1. The Morgan fingerprint density at radius 3 is 2.71 bits per heavy atom. The number of carbonyl (C=O) groups is 1. The summed E-state index contributed by atoms with van der Waals surface area (Å²) in [5, 5.41) is 16.8. The highest BCUT2D eigenvalue weighted by Crippen LogP contribution is 2.22. The number of rotatable bonds is 8. The fourth-order valence-electron chi connectivity index (χ4n) is 1.82. The van der Waals surface area contributed by atoms with Crippen molar-refractivity contribution in [1.29, 1.82) is 0 Å². The van der Waals surface area contributed by atoms with Crippen molar-refractivity contribution in [3.8, 4) is 0 Å². The van der Waals surface area contributed by atoms with Gasteiger partial charge in [-0.2, -0.15) is 11.8 Å². The van der Waals surface area contributed by atoms with E-state index in [1.165, 1.54) is 12.1 Å². The van der Waals surface area contributed by atoms with Crippen LogP contribution in [0.25, 0.3) is 0 Å². The molecule has 0 aromatic heterocycles. The van der Waals surface area contributed by atoms with Crippen molar-refractivity contribution in [3.05, 3.63) is 33.9 Å². The molecule has 1 amide bonds. The Hall–Kier alpha value is -1.76. The van der Waals surface area contributed by atoms with Crippen molar-refractivity contribution in [1.82, 2.24) is 5.32 Å². The topological polar surface area (TPSA) is 84.3 Å². The number of nitrogens with zero attached hydrogens (tertiary/aromatic N) is 1. The molecule has 0 saturated heterocycles. The minimum Gasteiger partial charge on any atom is -0.385 e. The first kappa shape index (κ1) is 17.3. The van der Waals surface area contributed by atoms with Gasteiger partial charge in [0, 0.05) is 36.2 Å². The molecule has 1 atom stereocenters. The zero-order chi connectivity index (χ0) is 15.8. The molecule has 116 valence electrons. The van der Waals surface area contributed by atoms with Gasteiger partial charge in [0.2, 0.25) is 0 Å². The Balaban J connectivity index is 2.93. The predicted molar refractivity (Wildman–Crippen MR) is 87.2 cm³/mol. The SMILES string of the molecule is CCNc1ccc([N+](=O)[O-])cc1C(=O)NC(C)CSCC. The third kappa shape index (κ3) is 5.26. The van der Waals surface area contributed by atoms with E-state index in [0.29, 0.717) is 17.8 Å². The second-order valence-corrected chi connectivity index (χ2v) is 5.87. The lowest BCUT2D eigenvalue weighted by Crippen LogP contribution is -2.34. The van der Waals surface area contributed by atoms with Crippen LogP contribution in [-0.4, -0.2) is 34.9 Å². The fraction of sp³-hybridized carbons (Fsp3) is 0.500. The Kier molecular flexibility index (Phi) is 7.01. The summed E-state index contributed by atoms with van der Waals surface area (Å²) < 4.78 is 0. The van der Waals surface area contributed by atoms with E-state index in [9.17, 15) is 14.9 Å². The smallest absolute Gasteiger partial charge is 0.270 e. The van der Waals surface area contributed by atoms with Gasteiger partial charge < -0.3 is 10.6 Å². The van der Waals surface area contributed by atoms with Crippen LogP contribution in [0.5, 0.6) is 0 Å². The highest BCUT2D eigenvalue weighted by Gasteiger charge is 2.17. The molecule has 0 fully saturated rings.